The second-order valence-corrected chi connectivity index (χ2v) is 5.18. The van der Waals surface area contributed by atoms with Crippen LogP contribution in [-0.2, 0) is 4.79 Å². The summed E-state index contributed by atoms with van der Waals surface area (Å²) in [6.07, 6.45) is 0. The van der Waals surface area contributed by atoms with E-state index in [9.17, 15) is 9.59 Å². The number of hydrogen-bond donors (Lipinski definition) is 3. The quantitative estimate of drug-likeness (QED) is 0.679. The third-order valence-corrected chi connectivity index (χ3v) is 0.889. The van der Waals surface area contributed by atoms with Gasteiger partial charge in [-0.2, -0.15) is 0 Å². The van der Waals surface area contributed by atoms with Gasteiger partial charge < -0.3 is 15.7 Å². The highest BCUT2D eigenvalue weighted by atomic mass is 16.4. The number of rotatable bonds is 2. The second-order valence-electron chi connectivity index (χ2n) is 5.18. The summed E-state index contributed by atoms with van der Waals surface area (Å²) in [5.74, 6) is -0.223. The Labute approximate surface area is 97.6 Å². The van der Waals surface area contributed by atoms with Gasteiger partial charge in [0.2, 0.25) is 0 Å². The van der Waals surface area contributed by atoms with Crippen molar-refractivity contribution in [3.8, 4) is 0 Å². The van der Waals surface area contributed by atoms with Gasteiger partial charge in [-0.1, -0.05) is 20.8 Å². The van der Waals surface area contributed by atoms with Gasteiger partial charge in [-0.05, 0) is 26.7 Å². The lowest BCUT2D eigenvalue weighted by atomic mass is 10.1. The minimum absolute atomic E-state index is 0.345. The van der Waals surface area contributed by atoms with Crippen LogP contribution >= 0.6 is 0 Å². The number of aliphatic carboxylic acids is 1. The first-order valence-electron chi connectivity index (χ1n) is 5.32. The lowest BCUT2D eigenvalue weighted by Gasteiger charge is -2.20. The van der Waals surface area contributed by atoms with E-state index >= 15 is 0 Å². The molecule has 5 heteroatoms. The van der Waals surface area contributed by atoms with Crippen molar-refractivity contribution in [2.24, 2.45) is 5.92 Å². The molecule has 0 heterocycles. The van der Waals surface area contributed by atoms with Crippen molar-refractivity contribution < 1.29 is 14.7 Å². The summed E-state index contributed by atoms with van der Waals surface area (Å²) in [5, 5.41) is 13.0. The summed E-state index contributed by atoms with van der Waals surface area (Å²) in [5.41, 5.74) is -0.345. The van der Waals surface area contributed by atoms with Crippen molar-refractivity contribution in [1.82, 2.24) is 10.6 Å². The lowest BCUT2D eigenvalue weighted by molar-refractivity contribution is -0.135. The van der Waals surface area contributed by atoms with E-state index in [0.717, 1.165) is 5.92 Å². The molecule has 0 aliphatic carbocycles. The van der Waals surface area contributed by atoms with Crippen LogP contribution in [0.5, 0.6) is 0 Å². The third-order valence-electron chi connectivity index (χ3n) is 0.889. The van der Waals surface area contributed by atoms with E-state index in [1.807, 2.05) is 20.8 Å². The van der Waals surface area contributed by atoms with E-state index in [2.05, 4.69) is 31.4 Å². The van der Waals surface area contributed by atoms with Crippen molar-refractivity contribution in [2.75, 3.05) is 6.54 Å². The zero-order valence-electron chi connectivity index (χ0n) is 11.0. The van der Waals surface area contributed by atoms with Gasteiger partial charge in [0.25, 0.3) is 0 Å². The van der Waals surface area contributed by atoms with Crippen LogP contribution in [0.4, 0.5) is 4.79 Å². The van der Waals surface area contributed by atoms with E-state index in [1.54, 1.807) is 0 Å². The van der Waals surface area contributed by atoms with Gasteiger partial charge in [-0.3, -0.25) is 4.79 Å². The minimum Gasteiger partial charge on any atom is -0.480 e. The van der Waals surface area contributed by atoms with Gasteiger partial charge in [0.05, 0.1) is 0 Å². The molecule has 0 fully saturated rings. The largest absolute Gasteiger partial charge is 0.480 e. The lowest BCUT2D eigenvalue weighted by Crippen LogP contribution is -2.47. The van der Waals surface area contributed by atoms with Crippen molar-refractivity contribution in [1.29, 1.82) is 0 Å². The molecule has 0 saturated heterocycles. The molecular weight excluding hydrogens is 208 g/mol. The van der Waals surface area contributed by atoms with Gasteiger partial charge in [0.1, 0.15) is 6.54 Å². The Hall–Kier alpha value is -1.26. The number of hydrogen-bond acceptors (Lipinski definition) is 2. The smallest absolute Gasteiger partial charge is 0.323 e. The molecule has 0 bridgehead atoms. The maximum atomic E-state index is 10.9. The predicted octanol–water partition coefficient (Wildman–Crippen LogP) is 1.83. The normalized spacial score (nSPS) is 10.2. The number of carboxylic acids is 1. The van der Waals surface area contributed by atoms with Crippen LogP contribution in [-0.4, -0.2) is 29.2 Å². The minimum atomic E-state index is -1.06. The van der Waals surface area contributed by atoms with Crippen LogP contribution in [0.3, 0.4) is 0 Å². The molecule has 2 amide bonds. The Kier molecular flexibility index (Phi) is 8.53. The number of carboxylic acid groups (broad SMARTS) is 1. The molecule has 0 aliphatic rings. The van der Waals surface area contributed by atoms with Gasteiger partial charge in [0, 0.05) is 5.54 Å². The second kappa shape index (κ2) is 7.96. The molecule has 0 rings (SSSR count). The maximum Gasteiger partial charge on any atom is 0.323 e. The highest BCUT2D eigenvalue weighted by Crippen LogP contribution is 1.96. The molecule has 96 valence electrons. The molecule has 0 saturated carbocycles. The standard InChI is InChI=1S/C7H14N2O3.C4H10/c1-7(2,3)9-6(12)8-4-5(10)11;1-4(2)3/h4H2,1-3H3,(H,10,11)(H2,8,9,12);4H,1-3H3. The molecule has 0 radical (unpaired) electrons. The summed E-state index contributed by atoms with van der Waals surface area (Å²) < 4.78 is 0. The van der Waals surface area contributed by atoms with Crippen LogP contribution in [0.2, 0.25) is 0 Å². The molecule has 0 aromatic heterocycles. The molecule has 0 spiro atoms. The monoisotopic (exact) mass is 232 g/mol. The first-order chi connectivity index (χ1) is 7.04. The summed E-state index contributed by atoms with van der Waals surface area (Å²) in [7, 11) is 0. The van der Waals surface area contributed by atoms with Crippen LogP contribution in [0, 0.1) is 5.92 Å². The van der Waals surface area contributed by atoms with Crippen molar-refractivity contribution >= 4 is 12.0 Å². The van der Waals surface area contributed by atoms with Gasteiger partial charge in [0.15, 0.2) is 0 Å². The molecule has 5 nitrogen and oxygen atoms in total. The topological polar surface area (TPSA) is 78.4 Å². The first-order valence-corrected chi connectivity index (χ1v) is 5.32. The SMILES string of the molecule is CC(C)(C)NC(=O)NCC(=O)O.CC(C)C. The van der Waals surface area contributed by atoms with Crippen molar-refractivity contribution in [3.63, 3.8) is 0 Å². The van der Waals surface area contributed by atoms with Gasteiger partial charge in [-0.25, -0.2) is 4.79 Å². The fourth-order valence-corrected chi connectivity index (χ4v) is 0.541. The summed E-state index contributed by atoms with van der Waals surface area (Å²) in [6.45, 7) is 11.6. The fourth-order valence-electron chi connectivity index (χ4n) is 0.541. The molecule has 3 N–H and O–H groups in total. The van der Waals surface area contributed by atoms with Gasteiger partial charge >= 0.3 is 12.0 Å². The summed E-state index contributed by atoms with van der Waals surface area (Å²) in [6, 6.07) is -0.468. The summed E-state index contributed by atoms with van der Waals surface area (Å²) in [4.78, 5) is 20.9. The Balaban J connectivity index is 0. The molecule has 0 aromatic rings. The third kappa shape index (κ3) is 23.0. The van der Waals surface area contributed by atoms with E-state index < -0.39 is 12.0 Å². The molecule has 0 aliphatic heterocycles. The van der Waals surface area contributed by atoms with Gasteiger partial charge in [-0.15, -0.1) is 0 Å². The average molecular weight is 232 g/mol. The van der Waals surface area contributed by atoms with E-state index in [1.165, 1.54) is 0 Å². The number of amides is 2. The van der Waals surface area contributed by atoms with E-state index in [0.29, 0.717) is 0 Å². The fraction of sp³-hybridized carbons (Fsp3) is 0.818. The highest BCUT2D eigenvalue weighted by molar-refractivity contribution is 5.80. The number of nitrogens with one attached hydrogen (secondary N) is 2. The molecule has 16 heavy (non-hydrogen) atoms. The average Bonchev–Trinajstić information content (AvgIpc) is 1.96. The maximum absolute atomic E-state index is 10.9. The molecule has 0 aromatic carbocycles. The van der Waals surface area contributed by atoms with Crippen LogP contribution in [0.1, 0.15) is 41.5 Å². The molecule has 0 atom stereocenters. The number of carbonyl (C=O) groups is 2. The summed E-state index contributed by atoms with van der Waals surface area (Å²) >= 11 is 0. The van der Waals surface area contributed by atoms with E-state index in [4.69, 9.17) is 5.11 Å². The predicted molar refractivity (Wildman–Crippen MR) is 64.4 cm³/mol. The Morgan fingerprint density at radius 1 is 1.19 bits per heavy atom. The molecular formula is C11H24N2O3. The zero-order chi connectivity index (χ0) is 13.4. The van der Waals surface area contributed by atoms with Crippen LogP contribution in [0.25, 0.3) is 0 Å². The van der Waals surface area contributed by atoms with Crippen LogP contribution < -0.4 is 10.6 Å². The first kappa shape index (κ1) is 17.1. The Morgan fingerprint density at radius 2 is 1.56 bits per heavy atom. The zero-order valence-corrected chi connectivity index (χ0v) is 11.0. The highest BCUT2D eigenvalue weighted by Gasteiger charge is 2.13. The number of carbonyl (C=O) groups excluding carboxylic acids is 1. The van der Waals surface area contributed by atoms with Crippen molar-refractivity contribution in [2.45, 2.75) is 47.1 Å². The Morgan fingerprint density at radius 3 is 1.81 bits per heavy atom. The number of urea groups is 1. The Bertz CT molecular complexity index is 217. The van der Waals surface area contributed by atoms with Crippen molar-refractivity contribution in [3.05, 3.63) is 0 Å². The van der Waals surface area contributed by atoms with E-state index in [-0.39, 0.29) is 12.1 Å². The van der Waals surface area contributed by atoms with Crippen LogP contribution in [0.15, 0.2) is 0 Å². The molecule has 0 unspecified atom stereocenters.